The predicted octanol–water partition coefficient (Wildman–Crippen LogP) is 4.90. The largest absolute Gasteiger partial charge is 0.496 e. The van der Waals surface area contributed by atoms with Gasteiger partial charge in [-0.05, 0) is 82.5 Å². The Balaban J connectivity index is 1.77. The van der Waals surface area contributed by atoms with Crippen molar-refractivity contribution in [1.82, 2.24) is 5.32 Å². The van der Waals surface area contributed by atoms with Gasteiger partial charge in [-0.1, -0.05) is 20.8 Å². The molecule has 1 aliphatic carbocycles. The number of methoxy groups -OCH3 is 1. The molecule has 0 saturated heterocycles. The maximum Gasteiger partial charge on any atom is 0.257 e. The summed E-state index contributed by atoms with van der Waals surface area (Å²) in [7, 11) is 1.56. The number of halogens is 1. The number of fused-ring (bicyclic) bond motifs is 1. The van der Waals surface area contributed by atoms with E-state index >= 15 is 0 Å². The molecule has 0 bridgehead atoms. The van der Waals surface area contributed by atoms with Crippen LogP contribution < -0.4 is 21.1 Å². The minimum absolute atomic E-state index is 0.116. The number of hydrogen-bond acceptors (Lipinski definition) is 5. The summed E-state index contributed by atoms with van der Waals surface area (Å²) in [6, 6.07) is 4.99. The lowest BCUT2D eigenvalue weighted by molar-refractivity contribution is 0.0975. The van der Waals surface area contributed by atoms with Crippen LogP contribution in [0.2, 0.25) is 0 Å². The van der Waals surface area contributed by atoms with Crippen LogP contribution in [0, 0.1) is 11.3 Å². The van der Waals surface area contributed by atoms with E-state index in [1.807, 2.05) is 0 Å². The van der Waals surface area contributed by atoms with Crippen molar-refractivity contribution < 1.29 is 14.3 Å². The Kier molecular flexibility index (Phi) is 7.08. The number of nitrogens with one attached hydrogen (secondary N) is 2. The summed E-state index contributed by atoms with van der Waals surface area (Å²) < 4.78 is 5.85. The number of primary amides is 1. The van der Waals surface area contributed by atoms with E-state index in [1.54, 1.807) is 25.3 Å². The van der Waals surface area contributed by atoms with Crippen molar-refractivity contribution in [1.29, 1.82) is 0 Å². The van der Waals surface area contributed by atoms with Crippen LogP contribution >= 0.6 is 39.5 Å². The fourth-order valence-corrected chi connectivity index (χ4v) is 5.93. The Morgan fingerprint density at radius 3 is 2.61 bits per heavy atom. The Bertz CT molecular complexity index is 1040. The van der Waals surface area contributed by atoms with Gasteiger partial charge in [-0.2, -0.15) is 0 Å². The first-order chi connectivity index (χ1) is 14.5. The van der Waals surface area contributed by atoms with E-state index in [2.05, 4.69) is 47.3 Å². The lowest BCUT2D eigenvalue weighted by Crippen LogP contribution is -2.34. The normalized spacial score (nSPS) is 15.7. The lowest BCUT2D eigenvalue weighted by atomic mass is 9.72. The van der Waals surface area contributed by atoms with Crippen molar-refractivity contribution >= 4 is 61.4 Å². The third-order valence-electron chi connectivity index (χ3n) is 5.60. The molecule has 9 heteroatoms. The van der Waals surface area contributed by atoms with Crippen LogP contribution in [0.1, 0.15) is 58.3 Å². The second-order valence-electron chi connectivity index (χ2n) is 8.64. The number of carbonyl (C=O) groups is 2. The van der Waals surface area contributed by atoms with Crippen LogP contribution in [-0.4, -0.2) is 24.0 Å². The highest BCUT2D eigenvalue weighted by Crippen LogP contribution is 2.44. The number of hydrogen-bond donors (Lipinski definition) is 3. The molecule has 6 nitrogen and oxygen atoms in total. The Labute approximate surface area is 200 Å². The zero-order valence-corrected chi connectivity index (χ0v) is 21.1. The van der Waals surface area contributed by atoms with Crippen molar-refractivity contribution in [3.63, 3.8) is 0 Å². The molecule has 0 fully saturated rings. The zero-order valence-electron chi connectivity index (χ0n) is 17.9. The van der Waals surface area contributed by atoms with Gasteiger partial charge in [-0.3, -0.25) is 14.9 Å². The van der Waals surface area contributed by atoms with Gasteiger partial charge in [-0.25, -0.2) is 0 Å². The average Bonchev–Trinajstić information content (AvgIpc) is 3.03. The van der Waals surface area contributed by atoms with Gasteiger partial charge < -0.3 is 15.8 Å². The summed E-state index contributed by atoms with van der Waals surface area (Å²) in [5.74, 6) is 0.312. The van der Waals surface area contributed by atoms with Crippen LogP contribution in [0.15, 0.2) is 22.7 Å². The molecule has 1 aromatic carbocycles. The molecule has 3 rings (SSSR count). The molecule has 0 spiro atoms. The van der Waals surface area contributed by atoms with Gasteiger partial charge >= 0.3 is 0 Å². The summed E-state index contributed by atoms with van der Waals surface area (Å²) in [4.78, 5) is 25.9. The lowest BCUT2D eigenvalue weighted by Gasteiger charge is -2.33. The summed E-state index contributed by atoms with van der Waals surface area (Å²) in [6.07, 6.45) is 2.73. The molecule has 4 N–H and O–H groups in total. The van der Waals surface area contributed by atoms with Crippen molar-refractivity contribution in [3.8, 4) is 5.75 Å². The molecule has 0 radical (unpaired) electrons. The number of nitrogens with two attached hydrogens (primary N) is 1. The number of anilines is 1. The van der Waals surface area contributed by atoms with Crippen molar-refractivity contribution in [2.75, 3.05) is 12.4 Å². The molecule has 0 saturated carbocycles. The minimum atomic E-state index is -0.484. The molecule has 31 heavy (non-hydrogen) atoms. The molecule has 1 aromatic heterocycles. The molecule has 2 amide bonds. The second-order valence-corrected chi connectivity index (χ2v) is 11.0. The van der Waals surface area contributed by atoms with Gasteiger partial charge in [0.1, 0.15) is 10.8 Å². The molecular weight excluding hydrogens is 498 g/mol. The third-order valence-corrected chi connectivity index (χ3v) is 7.60. The summed E-state index contributed by atoms with van der Waals surface area (Å²) in [5.41, 5.74) is 7.80. The highest BCUT2D eigenvalue weighted by molar-refractivity contribution is 9.10. The number of ether oxygens (including phenoxy) is 1. The quantitative estimate of drug-likeness (QED) is 0.495. The van der Waals surface area contributed by atoms with E-state index in [1.165, 1.54) is 11.3 Å². The summed E-state index contributed by atoms with van der Waals surface area (Å²) in [6.45, 7) is 6.73. The van der Waals surface area contributed by atoms with Crippen molar-refractivity contribution in [2.45, 2.75) is 40.0 Å². The number of thiophene rings is 1. The second kappa shape index (κ2) is 9.26. The topological polar surface area (TPSA) is 93.4 Å². The van der Waals surface area contributed by atoms with E-state index in [9.17, 15) is 9.59 Å². The fraction of sp³-hybridized carbons (Fsp3) is 0.409. The zero-order chi connectivity index (χ0) is 22.9. The number of thiocarbonyl (C=S) groups is 1. The Hall–Kier alpha value is -1.97. The highest BCUT2D eigenvalue weighted by Gasteiger charge is 2.33. The third kappa shape index (κ3) is 5.27. The smallest absolute Gasteiger partial charge is 0.257 e. The molecule has 1 atom stereocenters. The Morgan fingerprint density at radius 2 is 2.03 bits per heavy atom. The Morgan fingerprint density at radius 1 is 1.32 bits per heavy atom. The maximum absolute atomic E-state index is 12.6. The fourth-order valence-electron chi connectivity index (χ4n) is 3.79. The van der Waals surface area contributed by atoms with Gasteiger partial charge in [0.25, 0.3) is 11.8 Å². The monoisotopic (exact) mass is 523 g/mol. The van der Waals surface area contributed by atoms with E-state index in [0.29, 0.717) is 32.3 Å². The predicted molar refractivity (Wildman–Crippen MR) is 132 cm³/mol. The highest BCUT2D eigenvalue weighted by atomic mass is 79.9. The van der Waals surface area contributed by atoms with Crippen LogP contribution in [0.4, 0.5) is 5.00 Å². The molecule has 1 heterocycles. The van der Waals surface area contributed by atoms with E-state index in [-0.39, 0.29) is 16.4 Å². The maximum atomic E-state index is 12.6. The van der Waals surface area contributed by atoms with Crippen molar-refractivity contribution in [3.05, 3.63) is 44.2 Å². The average molecular weight is 525 g/mol. The van der Waals surface area contributed by atoms with E-state index < -0.39 is 5.91 Å². The molecule has 2 aromatic rings. The number of amides is 2. The van der Waals surface area contributed by atoms with Gasteiger partial charge in [0.15, 0.2) is 5.11 Å². The number of carbonyl (C=O) groups excluding carboxylic acids is 2. The number of rotatable bonds is 4. The SMILES string of the molecule is COc1ccc(C(=O)NC(=S)Nc2sc3c(c2C(N)=O)CCC(C(C)(C)C)C3)cc1Br. The molecule has 1 unspecified atom stereocenters. The van der Waals surface area contributed by atoms with E-state index in [4.69, 9.17) is 22.7 Å². The molecular formula is C22H26BrN3O3S2. The van der Waals surface area contributed by atoms with Crippen LogP contribution in [0.25, 0.3) is 0 Å². The molecule has 0 aliphatic heterocycles. The standard InChI is InChI=1S/C22H26BrN3O3S2/c1-22(2,3)12-6-7-13-16(10-12)31-20(17(13)18(24)27)26-21(30)25-19(28)11-5-8-15(29-4)14(23)9-11/h5,8-9,12H,6-7,10H2,1-4H3,(H2,24,27)(H2,25,26,28,30). The number of benzene rings is 1. The first-order valence-corrected chi connectivity index (χ1v) is 11.9. The first kappa shape index (κ1) is 23.7. The minimum Gasteiger partial charge on any atom is -0.496 e. The van der Waals surface area contributed by atoms with Gasteiger partial charge in [-0.15, -0.1) is 11.3 Å². The van der Waals surface area contributed by atoms with Gasteiger partial charge in [0, 0.05) is 10.4 Å². The molecule has 166 valence electrons. The summed E-state index contributed by atoms with van der Waals surface area (Å²) in [5, 5.41) is 6.39. The van der Waals surface area contributed by atoms with Crippen LogP contribution in [0.3, 0.4) is 0 Å². The molecule has 1 aliphatic rings. The van der Waals surface area contributed by atoms with Crippen LogP contribution in [0.5, 0.6) is 5.75 Å². The first-order valence-electron chi connectivity index (χ1n) is 9.91. The van der Waals surface area contributed by atoms with Gasteiger partial charge in [0.05, 0.1) is 17.1 Å². The summed E-state index contributed by atoms with van der Waals surface area (Å²) >= 11 is 10.2. The van der Waals surface area contributed by atoms with E-state index in [0.717, 1.165) is 29.7 Å². The van der Waals surface area contributed by atoms with Crippen molar-refractivity contribution in [2.24, 2.45) is 17.1 Å². The van der Waals surface area contributed by atoms with Gasteiger partial charge in [0.2, 0.25) is 0 Å². The van der Waals surface area contributed by atoms with Crippen LogP contribution in [-0.2, 0) is 12.8 Å².